The highest BCUT2D eigenvalue weighted by molar-refractivity contribution is 6.04. The van der Waals surface area contributed by atoms with E-state index >= 15 is 0 Å². The number of rotatable bonds is 6. The van der Waals surface area contributed by atoms with Crippen LogP contribution in [0.15, 0.2) is 47.3 Å². The average molecular weight is 494 g/mol. The highest BCUT2D eigenvalue weighted by Gasteiger charge is 2.24. The first-order valence-corrected chi connectivity index (χ1v) is 12.0. The molecule has 36 heavy (non-hydrogen) atoms. The van der Waals surface area contributed by atoms with E-state index in [2.05, 4.69) is 0 Å². The van der Waals surface area contributed by atoms with Gasteiger partial charge in [0.15, 0.2) is 12.1 Å². The van der Waals surface area contributed by atoms with E-state index in [4.69, 9.17) is 14.2 Å². The van der Waals surface area contributed by atoms with Crippen LogP contribution in [0.2, 0.25) is 0 Å². The van der Waals surface area contributed by atoms with Crippen LogP contribution in [0.4, 0.5) is 0 Å². The van der Waals surface area contributed by atoms with Crippen molar-refractivity contribution in [2.24, 2.45) is 7.05 Å². The van der Waals surface area contributed by atoms with Crippen LogP contribution in [0.5, 0.6) is 5.75 Å². The van der Waals surface area contributed by atoms with E-state index in [1.165, 1.54) is 4.57 Å². The minimum absolute atomic E-state index is 0.0288. The van der Waals surface area contributed by atoms with Gasteiger partial charge >= 0.3 is 5.97 Å². The second-order valence-corrected chi connectivity index (χ2v) is 9.89. The van der Waals surface area contributed by atoms with Crippen molar-refractivity contribution in [2.75, 3.05) is 13.2 Å². The predicted octanol–water partition coefficient (Wildman–Crippen LogP) is 4.59. The minimum atomic E-state index is -0.585. The summed E-state index contributed by atoms with van der Waals surface area (Å²) in [4.78, 5) is 38.2. The Morgan fingerprint density at radius 1 is 1.06 bits per heavy atom. The number of aromatic nitrogens is 1. The van der Waals surface area contributed by atoms with E-state index in [0.717, 1.165) is 17.5 Å². The Morgan fingerprint density at radius 2 is 1.69 bits per heavy atom. The summed E-state index contributed by atoms with van der Waals surface area (Å²) in [5, 5.41) is 11.3. The Labute approximate surface area is 209 Å². The third kappa shape index (κ3) is 5.50. The van der Waals surface area contributed by atoms with Gasteiger partial charge in [-0.15, -0.1) is 0 Å². The van der Waals surface area contributed by atoms with Crippen LogP contribution in [-0.2, 0) is 21.3 Å². The van der Waals surface area contributed by atoms with Gasteiger partial charge in [-0.3, -0.25) is 9.59 Å². The van der Waals surface area contributed by atoms with Gasteiger partial charge in [0.25, 0.3) is 5.56 Å². The second kappa shape index (κ2) is 10.2. The smallest absolute Gasteiger partial charge is 0.338 e. The van der Waals surface area contributed by atoms with Crippen molar-refractivity contribution in [1.29, 1.82) is 0 Å². The average Bonchev–Trinajstić information content (AvgIpc) is 2.85. The van der Waals surface area contributed by atoms with Crippen LogP contribution >= 0.6 is 0 Å². The SMILES string of the molecule is Cn1c(=O)c(C(=O)CCC2OCCCO2)c(O)c2ccc(-c3ccc(C(=O)OC(C)(C)C)cc3)cc21. The lowest BCUT2D eigenvalue weighted by molar-refractivity contribution is -0.180. The molecule has 8 heteroatoms. The summed E-state index contributed by atoms with van der Waals surface area (Å²) >= 11 is 0. The number of carbonyl (C=O) groups excluding carboxylic acids is 2. The first-order chi connectivity index (χ1) is 17.0. The molecule has 4 rings (SSSR count). The molecule has 0 saturated carbocycles. The minimum Gasteiger partial charge on any atom is -0.506 e. The number of carbonyl (C=O) groups is 2. The van der Waals surface area contributed by atoms with E-state index in [-0.39, 0.29) is 17.7 Å². The number of aromatic hydroxyl groups is 1. The molecular weight excluding hydrogens is 462 g/mol. The molecule has 3 aromatic rings. The molecule has 0 aliphatic carbocycles. The number of benzene rings is 2. The number of ketones is 1. The highest BCUT2D eigenvalue weighted by Crippen LogP contribution is 2.31. The summed E-state index contributed by atoms with van der Waals surface area (Å²) in [7, 11) is 1.57. The standard InChI is InChI=1S/C28H31NO7/c1-28(2,3)36-27(33)18-8-6-17(7-9-18)19-10-11-20-21(16-19)29(4)26(32)24(25(20)31)22(30)12-13-23-34-14-5-15-35-23/h6-11,16,23,31H,5,12-15H2,1-4H3. The van der Waals surface area contributed by atoms with Gasteiger partial charge in [0.2, 0.25) is 0 Å². The van der Waals surface area contributed by atoms with E-state index in [9.17, 15) is 19.5 Å². The largest absolute Gasteiger partial charge is 0.506 e. The van der Waals surface area contributed by atoms with Gasteiger partial charge in [0.05, 0.1) is 24.3 Å². The monoisotopic (exact) mass is 493 g/mol. The molecule has 1 aliphatic heterocycles. The Morgan fingerprint density at radius 3 is 2.33 bits per heavy atom. The first-order valence-electron chi connectivity index (χ1n) is 12.0. The number of ether oxygens (including phenoxy) is 3. The van der Waals surface area contributed by atoms with E-state index in [0.29, 0.717) is 36.1 Å². The molecule has 190 valence electrons. The van der Waals surface area contributed by atoms with Gasteiger partial charge in [-0.05, 0) is 62.6 Å². The zero-order valence-electron chi connectivity index (χ0n) is 21.0. The summed E-state index contributed by atoms with van der Waals surface area (Å²) in [5.41, 5.74) is 1.16. The van der Waals surface area contributed by atoms with Gasteiger partial charge in [0.1, 0.15) is 16.9 Å². The summed E-state index contributed by atoms with van der Waals surface area (Å²) < 4.78 is 17.7. The maximum Gasteiger partial charge on any atom is 0.338 e. The summed E-state index contributed by atoms with van der Waals surface area (Å²) in [6, 6.07) is 12.2. The van der Waals surface area contributed by atoms with Crippen molar-refractivity contribution in [1.82, 2.24) is 4.57 Å². The van der Waals surface area contributed by atoms with E-state index in [1.54, 1.807) is 49.5 Å². The first kappa shape index (κ1) is 25.6. The fourth-order valence-electron chi connectivity index (χ4n) is 4.17. The number of hydrogen-bond donors (Lipinski definition) is 1. The van der Waals surface area contributed by atoms with Gasteiger partial charge in [-0.1, -0.05) is 18.2 Å². The summed E-state index contributed by atoms with van der Waals surface area (Å²) in [5.74, 6) is -1.18. The normalized spacial score (nSPS) is 14.7. The molecule has 0 bridgehead atoms. The van der Waals surface area contributed by atoms with E-state index in [1.807, 2.05) is 20.8 Å². The van der Waals surface area contributed by atoms with Crippen LogP contribution in [0, 0.1) is 0 Å². The second-order valence-electron chi connectivity index (χ2n) is 9.89. The Kier molecular flexibility index (Phi) is 7.28. The van der Waals surface area contributed by atoms with Crippen molar-refractivity contribution < 1.29 is 28.9 Å². The zero-order valence-corrected chi connectivity index (χ0v) is 21.0. The molecule has 0 spiro atoms. The third-order valence-electron chi connectivity index (χ3n) is 6.00. The van der Waals surface area contributed by atoms with E-state index < -0.39 is 29.2 Å². The lowest BCUT2D eigenvalue weighted by atomic mass is 9.99. The van der Waals surface area contributed by atoms with Crippen molar-refractivity contribution in [2.45, 2.75) is 51.9 Å². The maximum absolute atomic E-state index is 13.0. The van der Waals surface area contributed by atoms with Crippen LogP contribution in [-0.4, -0.2) is 46.5 Å². The number of hydrogen-bond acceptors (Lipinski definition) is 7. The Hall–Kier alpha value is -3.49. The fourth-order valence-corrected chi connectivity index (χ4v) is 4.17. The fraction of sp³-hybridized carbons (Fsp3) is 0.393. The topological polar surface area (TPSA) is 104 Å². The molecule has 2 heterocycles. The molecule has 1 N–H and O–H groups in total. The molecule has 0 atom stereocenters. The quantitative estimate of drug-likeness (QED) is 0.396. The third-order valence-corrected chi connectivity index (χ3v) is 6.00. The maximum atomic E-state index is 13.0. The number of nitrogens with zero attached hydrogens (tertiary/aromatic N) is 1. The van der Waals surface area contributed by atoms with Gasteiger partial charge < -0.3 is 23.9 Å². The number of aryl methyl sites for hydroxylation is 1. The van der Waals surface area contributed by atoms with Gasteiger partial charge in [0, 0.05) is 25.3 Å². The zero-order chi connectivity index (χ0) is 26.0. The van der Waals surface area contributed by atoms with Crippen molar-refractivity contribution in [3.05, 3.63) is 63.9 Å². The molecular formula is C28H31NO7. The number of pyridine rings is 1. The summed E-state index contributed by atoms with van der Waals surface area (Å²) in [6.45, 7) is 6.59. The number of Topliss-reactive ketones (excluding diaryl/α,β-unsaturated/α-hetero) is 1. The van der Waals surface area contributed by atoms with Crippen LogP contribution in [0.3, 0.4) is 0 Å². The lowest BCUT2D eigenvalue weighted by Gasteiger charge is -2.22. The Balaban J connectivity index is 1.60. The van der Waals surface area contributed by atoms with Crippen LogP contribution in [0.25, 0.3) is 22.0 Å². The molecule has 0 amide bonds. The molecule has 1 fully saturated rings. The van der Waals surface area contributed by atoms with Crippen LogP contribution in [0.1, 0.15) is 60.7 Å². The van der Waals surface area contributed by atoms with Gasteiger partial charge in [-0.25, -0.2) is 4.79 Å². The van der Waals surface area contributed by atoms with Crippen LogP contribution < -0.4 is 5.56 Å². The highest BCUT2D eigenvalue weighted by atomic mass is 16.7. The number of esters is 1. The predicted molar refractivity (Wildman–Crippen MR) is 135 cm³/mol. The molecule has 0 unspecified atom stereocenters. The molecule has 2 aromatic carbocycles. The van der Waals surface area contributed by atoms with Crippen molar-refractivity contribution in [3.8, 4) is 16.9 Å². The lowest BCUT2D eigenvalue weighted by Crippen LogP contribution is -2.28. The molecule has 1 saturated heterocycles. The molecule has 8 nitrogen and oxygen atoms in total. The van der Waals surface area contributed by atoms with Gasteiger partial charge in [-0.2, -0.15) is 0 Å². The summed E-state index contributed by atoms with van der Waals surface area (Å²) in [6.07, 6.45) is 0.684. The van der Waals surface area contributed by atoms with Crippen molar-refractivity contribution in [3.63, 3.8) is 0 Å². The number of fused-ring (bicyclic) bond motifs is 1. The molecule has 0 radical (unpaired) electrons. The van der Waals surface area contributed by atoms with Crippen molar-refractivity contribution >= 4 is 22.7 Å². The molecule has 1 aliphatic rings. The Bertz CT molecular complexity index is 1340. The molecule has 1 aromatic heterocycles.